The average Bonchev–Trinajstić information content (AvgIpc) is 2.53. The summed E-state index contributed by atoms with van der Waals surface area (Å²) in [6, 6.07) is 14.3. The number of fused-ring (bicyclic) bond motifs is 1. The second-order valence-corrected chi connectivity index (χ2v) is 5.88. The zero-order valence-electron chi connectivity index (χ0n) is 12.6. The molecule has 0 bridgehead atoms. The lowest BCUT2D eigenvalue weighted by atomic mass is 9.79. The Labute approximate surface area is 134 Å². The molecule has 0 amide bonds. The lowest BCUT2D eigenvalue weighted by Crippen LogP contribution is -2.43. The maximum absolute atomic E-state index is 10.7. The summed E-state index contributed by atoms with van der Waals surface area (Å²) in [7, 11) is 0. The van der Waals surface area contributed by atoms with Crippen LogP contribution in [0.2, 0.25) is 0 Å². The molecule has 3 rings (SSSR count). The van der Waals surface area contributed by atoms with Crippen molar-refractivity contribution in [2.45, 2.75) is 24.8 Å². The molecular formula is C17H18N4O2. The number of rotatable bonds is 4. The van der Waals surface area contributed by atoms with Gasteiger partial charge in [0.1, 0.15) is 5.84 Å². The molecule has 4 N–H and O–H groups in total. The van der Waals surface area contributed by atoms with Crippen molar-refractivity contribution >= 4 is 17.2 Å². The number of hydrogen-bond acceptors (Lipinski definition) is 5. The predicted molar refractivity (Wildman–Crippen MR) is 89.6 cm³/mol. The zero-order valence-corrected chi connectivity index (χ0v) is 12.6. The van der Waals surface area contributed by atoms with Crippen molar-refractivity contribution in [3.63, 3.8) is 0 Å². The Morgan fingerprint density at radius 3 is 2.57 bits per heavy atom. The average molecular weight is 310 g/mol. The first-order chi connectivity index (χ1) is 11.0. The van der Waals surface area contributed by atoms with Crippen LogP contribution in [-0.4, -0.2) is 10.8 Å². The number of hydrogen-bond donors (Lipinski definition) is 2. The van der Waals surface area contributed by atoms with Gasteiger partial charge in [-0.05, 0) is 30.0 Å². The van der Waals surface area contributed by atoms with Gasteiger partial charge in [0.2, 0.25) is 0 Å². The number of nitrogens with zero attached hydrogens (tertiary/aromatic N) is 2. The smallest absolute Gasteiger partial charge is 0.269 e. The van der Waals surface area contributed by atoms with Crippen molar-refractivity contribution in [3.05, 3.63) is 69.8 Å². The molecule has 0 spiro atoms. The van der Waals surface area contributed by atoms with Crippen LogP contribution in [-0.2, 0) is 12.0 Å². The topological polar surface area (TPSA) is 108 Å². The summed E-state index contributed by atoms with van der Waals surface area (Å²) in [4.78, 5) is 14.7. The summed E-state index contributed by atoms with van der Waals surface area (Å²) >= 11 is 0. The number of nitro benzene ring substituents is 1. The van der Waals surface area contributed by atoms with Gasteiger partial charge in [-0.2, -0.15) is 0 Å². The van der Waals surface area contributed by atoms with E-state index in [0.29, 0.717) is 18.7 Å². The molecule has 1 unspecified atom stereocenters. The number of aliphatic imine (C=N–C) groups is 1. The van der Waals surface area contributed by atoms with Gasteiger partial charge in [-0.15, -0.1) is 0 Å². The number of para-hydroxylation sites is 1. The van der Waals surface area contributed by atoms with Gasteiger partial charge >= 0.3 is 0 Å². The highest BCUT2D eigenvalue weighted by Gasteiger charge is 2.33. The molecule has 6 heteroatoms. The molecule has 0 aromatic heterocycles. The fraction of sp³-hybridized carbons (Fsp3) is 0.235. The van der Waals surface area contributed by atoms with Crippen molar-refractivity contribution < 1.29 is 4.92 Å². The van der Waals surface area contributed by atoms with Gasteiger partial charge in [-0.1, -0.05) is 30.3 Å². The Balaban J connectivity index is 1.79. The largest absolute Gasteiger partial charge is 0.387 e. The Hall–Kier alpha value is -2.73. The fourth-order valence-corrected chi connectivity index (χ4v) is 2.98. The van der Waals surface area contributed by atoms with E-state index in [0.717, 1.165) is 23.2 Å². The molecule has 1 aliphatic rings. The molecule has 0 radical (unpaired) electrons. The van der Waals surface area contributed by atoms with Crippen molar-refractivity contribution in [2.75, 3.05) is 0 Å². The molecule has 0 aliphatic carbocycles. The standard InChI is InChI=1S/C17H18N4O2/c18-16-11-17(19,14-3-1-2-4-15(14)20-16)10-9-12-5-7-13(8-6-12)21(22)23/h1-8H,9-11,19H2,(H2,18,20). The summed E-state index contributed by atoms with van der Waals surface area (Å²) < 4.78 is 0. The maximum Gasteiger partial charge on any atom is 0.269 e. The van der Waals surface area contributed by atoms with E-state index in [1.165, 1.54) is 12.1 Å². The number of amidine groups is 1. The molecule has 1 heterocycles. The molecule has 2 aromatic rings. The molecule has 0 saturated carbocycles. The minimum absolute atomic E-state index is 0.0931. The number of nitro groups is 1. The molecule has 2 aromatic carbocycles. The minimum atomic E-state index is -0.565. The quantitative estimate of drug-likeness (QED) is 0.668. The first kappa shape index (κ1) is 15.2. The van der Waals surface area contributed by atoms with E-state index in [4.69, 9.17) is 11.5 Å². The normalized spacial score (nSPS) is 19.8. The van der Waals surface area contributed by atoms with Crippen LogP contribution in [0.5, 0.6) is 0 Å². The number of benzene rings is 2. The van der Waals surface area contributed by atoms with Gasteiger partial charge < -0.3 is 11.5 Å². The molecule has 6 nitrogen and oxygen atoms in total. The van der Waals surface area contributed by atoms with Gasteiger partial charge in [-0.3, -0.25) is 10.1 Å². The second kappa shape index (κ2) is 5.81. The van der Waals surface area contributed by atoms with Crippen LogP contribution in [0.25, 0.3) is 0 Å². The van der Waals surface area contributed by atoms with Crippen LogP contribution < -0.4 is 11.5 Å². The van der Waals surface area contributed by atoms with E-state index >= 15 is 0 Å². The van der Waals surface area contributed by atoms with E-state index in [9.17, 15) is 10.1 Å². The second-order valence-electron chi connectivity index (χ2n) is 5.88. The van der Waals surface area contributed by atoms with E-state index < -0.39 is 10.5 Å². The van der Waals surface area contributed by atoms with Crippen LogP contribution in [0.15, 0.2) is 53.5 Å². The highest BCUT2D eigenvalue weighted by atomic mass is 16.6. The molecular weight excluding hydrogens is 292 g/mol. The highest BCUT2D eigenvalue weighted by molar-refractivity contribution is 5.87. The van der Waals surface area contributed by atoms with Crippen molar-refractivity contribution in [1.82, 2.24) is 0 Å². The van der Waals surface area contributed by atoms with E-state index in [1.54, 1.807) is 12.1 Å². The van der Waals surface area contributed by atoms with Crippen LogP contribution in [0, 0.1) is 10.1 Å². The van der Waals surface area contributed by atoms with E-state index in [1.807, 2.05) is 24.3 Å². The Morgan fingerprint density at radius 1 is 1.17 bits per heavy atom. The van der Waals surface area contributed by atoms with Gasteiger partial charge in [0.15, 0.2) is 0 Å². The Kier molecular flexibility index (Phi) is 3.83. The third-order valence-electron chi connectivity index (χ3n) is 4.21. The van der Waals surface area contributed by atoms with Crippen molar-refractivity contribution in [2.24, 2.45) is 16.5 Å². The van der Waals surface area contributed by atoms with E-state index in [2.05, 4.69) is 4.99 Å². The van der Waals surface area contributed by atoms with Crippen LogP contribution in [0.1, 0.15) is 24.0 Å². The molecule has 23 heavy (non-hydrogen) atoms. The number of non-ortho nitro benzene ring substituents is 1. The molecule has 0 fully saturated rings. The lowest BCUT2D eigenvalue weighted by molar-refractivity contribution is -0.384. The summed E-state index contributed by atoms with van der Waals surface area (Å²) in [6.45, 7) is 0. The van der Waals surface area contributed by atoms with Crippen LogP contribution in [0.3, 0.4) is 0 Å². The summed E-state index contributed by atoms with van der Waals surface area (Å²) in [5, 5.41) is 10.7. The van der Waals surface area contributed by atoms with Gasteiger partial charge in [0.25, 0.3) is 5.69 Å². The van der Waals surface area contributed by atoms with Crippen molar-refractivity contribution in [3.8, 4) is 0 Å². The monoisotopic (exact) mass is 310 g/mol. The van der Waals surface area contributed by atoms with Gasteiger partial charge in [0.05, 0.1) is 16.1 Å². The SMILES string of the molecule is NC1=Nc2ccccc2C(N)(CCc2ccc([N+](=O)[O-])cc2)C1. The summed E-state index contributed by atoms with van der Waals surface area (Å²) in [5.74, 6) is 0.537. The number of nitrogens with two attached hydrogens (primary N) is 2. The molecule has 1 aliphatic heterocycles. The third-order valence-corrected chi connectivity index (χ3v) is 4.21. The zero-order chi connectivity index (χ0) is 16.4. The Morgan fingerprint density at radius 2 is 1.87 bits per heavy atom. The third kappa shape index (κ3) is 3.07. The first-order valence-corrected chi connectivity index (χ1v) is 7.43. The fourth-order valence-electron chi connectivity index (χ4n) is 2.98. The summed E-state index contributed by atoms with van der Waals surface area (Å²) in [5.41, 5.74) is 14.9. The maximum atomic E-state index is 10.7. The molecule has 0 saturated heterocycles. The lowest BCUT2D eigenvalue weighted by Gasteiger charge is -2.34. The van der Waals surface area contributed by atoms with Gasteiger partial charge in [-0.25, -0.2) is 4.99 Å². The molecule has 118 valence electrons. The van der Waals surface area contributed by atoms with Gasteiger partial charge in [0, 0.05) is 18.6 Å². The number of aryl methyl sites for hydroxylation is 1. The highest BCUT2D eigenvalue weighted by Crippen LogP contribution is 2.38. The van der Waals surface area contributed by atoms with E-state index in [-0.39, 0.29) is 5.69 Å². The van der Waals surface area contributed by atoms with Crippen LogP contribution >= 0.6 is 0 Å². The predicted octanol–water partition coefficient (Wildman–Crippen LogP) is 2.77. The Bertz CT molecular complexity index is 770. The minimum Gasteiger partial charge on any atom is -0.387 e. The van der Waals surface area contributed by atoms with Crippen molar-refractivity contribution in [1.29, 1.82) is 0 Å². The van der Waals surface area contributed by atoms with Crippen LogP contribution in [0.4, 0.5) is 11.4 Å². The summed E-state index contributed by atoms with van der Waals surface area (Å²) in [6.07, 6.45) is 1.92. The first-order valence-electron chi connectivity index (χ1n) is 7.43. The molecule has 1 atom stereocenters.